The first kappa shape index (κ1) is 14.6. The number of rotatable bonds is 5. The second-order valence-corrected chi connectivity index (χ2v) is 5.55. The van der Waals surface area contributed by atoms with E-state index in [-0.39, 0.29) is 30.6 Å². The molecule has 2 aliphatic rings. The van der Waals surface area contributed by atoms with Gasteiger partial charge in [0.1, 0.15) is 5.76 Å². The molecule has 1 fully saturated rings. The Bertz CT molecular complexity index is 643. The number of ether oxygens (including phenoxy) is 2. The van der Waals surface area contributed by atoms with Crippen molar-refractivity contribution in [3.8, 4) is 5.88 Å². The molecular weight excluding hydrogens is 288 g/mol. The molecule has 1 aromatic rings. The Kier molecular flexibility index (Phi) is 3.82. The number of hydrogen-bond acceptors (Lipinski definition) is 7. The third-order valence-electron chi connectivity index (χ3n) is 3.29. The number of imidazole rings is 1. The van der Waals surface area contributed by atoms with E-state index in [0.717, 1.165) is 12.8 Å². The summed E-state index contributed by atoms with van der Waals surface area (Å²) in [5.74, 6) is 0.214. The molecule has 1 aromatic heterocycles. The monoisotopic (exact) mass is 306 g/mol. The van der Waals surface area contributed by atoms with Gasteiger partial charge in [0, 0.05) is 12.5 Å². The van der Waals surface area contributed by atoms with E-state index >= 15 is 0 Å². The van der Waals surface area contributed by atoms with E-state index in [0.29, 0.717) is 17.9 Å². The highest BCUT2D eigenvalue weighted by Crippen LogP contribution is 2.42. The van der Waals surface area contributed by atoms with Gasteiger partial charge in [0.05, 0.1) is 18.9 Å². The Morgan fingerprint density at radius 3 is 2.86 bits per heavy atom. The Hall–Kier alpha value is -2.38. The minimum atomic E-state index is -0.671. The van der Waals surface area contributed by atoms with E-state index in [2.05, 4.69) is 15.2 Å². The number of hydrogen-bond donors (Lipinski definition) is 1. The molecule has 0 amide bonds. The number of esters is 1. The molecule has 0 saturated heterocycles. The summed E-state index contributed by atoms with van der Waals surface area (Å²) in [7, 11) is 0. The zero-order chi connectivity index (χ0) is 15.7. The Morgan fingerprint density at radius 1 is 1.45 bits per heavy atom. The maximum absolute atomic E-state index is 11.6. The van der Waals surface area contributed by atoms with Crippen LogP contribution in [0.15, 0.2) is 27.9 Å². The Balaban J connectivity index is 1.87. The van der Waals surface area contributed by atoms with Gasteiger partial charge in [-0.25, -0.2) is 9.78 Å². The fraction of sp³-hybridized carbons (Fsp3) is 0.571. The van der Waals surface area contributed by atoms with Crippen LogP contribution in [0, 0.1) is 0 Å². The van der Waals surface area contributed by atoms with Crippen LogP contribution in [-0.2, 0) is 9.53 Å². The Labute approximate surface area is 127 Å². The normalized spacial score (nSPS) is 19.1. The third-order valence-corrected chi connectivity index (χ3v) is 3.29. The van der Waals surface area contributed by atoms with Gasteiger partial charge in [-0.1, -0.05) is 0 Å². The van der Waals surface area contributed by atoms with Crippen molar-refractivity contribution in [1.29, 1.82) is 0 Å². The SMILES string of the molecule is CC(C)Oc1cnc(N=NC2=C(O)CCOC2=O)n1C1CC1. The predicted octanol–water partition coefficient (Wildman–Crippen LogP) is 2.81. The minimum absolute atomic E-state index is 0.0269. The molecule has 1 N–H and O–H groups in total. The van der Waals surface area contributed by atoms with Gasteiger partial charge < -0.3 is 14.6 Å². The minimum Gasteiger partial charge on any atom is -0.510 e. The molecule has 2 heterocycles. The standard InChI is InChI=1S/C14H18N4O4/c1-8(2)22-11-7-15-14(18(11)9-3-4-9)17-16-12-10(19)5-6-21-13(12)20/h7-9,19H,3-6H2,1-2H3. The fourth-order valence-corrected chi connectivity index (χ4v) is 2.15. The van der Waals surface area contributed by atoms with Crippen LogP contribution in [0.5, 0.6) is 5.88 Å². The number of azo groups is 1. The van der Waals surface area contributed by atoms with Crippen molar-refractivity contribution in [2.24, 2.45) is 10.2 Å². The maximum atomic E-state index is 11.6. The van der Waals surface area contributed by atoms with Gasteiger partial charge in [0.2, 0.25) is 11.6 Å². The van der Waals surface area contributed by atoms with Crippen molar-refractivity contribution in [2.75, 3.05) is 6.61 Å². The summed E-state index contributed by atoms with van der Waals surface area (Å²) in [5.41, 5.74) is -0.164. The molecule has 3 rings (SSSR count). The van der Waals surface area contributed by atoms with Gasteiger partial charge in [-0.05, 0) is 26.7 Å². The van der Waals surface area contributed by atoms with Crippen molar-refractivity contribution in [3.63, 3.8) is 0 Å². The first-order valence-electron chi connectivity index (χ1n) is 7.31. The van der Waals surface area contributed by atoms with Crippen molar-refractivity contribution in [3.05, 3.63) is 17.7 Å². The van der Waals surface area contributed by atoms with E-state index in [1.807, 2.05) is 18.4 Å². The van der Waals surface area contributed by atoms with Gasteiger partial charge in [0.15, 0.2) is 0 Å². The molecule has 22 heavy (non-hydrogen) atoms. The summed E-state index contributed by atoms with van der Waals surface area (Å²) in [6.07, 6.45) is 3.94. The van der Waals surface area contributed by atoms with E-state index < -0.39 is 5.97 Å². The summed E-state index contributed by atoms with van der Waals surface area (Å²) in [6, 6.07) is 0.297. The summed E-state index contributed by atoms with van der Waals surface area (Å²) in [6.45, 7) is 4.03. The number of aliphatic hydroxyl groups is 1. The highest BCUT2D eigenvalue weighted by Gasteiger charge is 2.30. The van der Waals surface area contributed by atoms with Gasteiger partial charge in [0.25, 0.3) is 5.95 Å². The van der Waals surface area contributed by atoms with Crippen molar-refractivity contribution < 1.29 is 19.4 Å². The molecule has 0 radical (unpaired) electrons. The van der Waals surface area contributed by atoms with Gasteiger partial charge >= 0.3 is 5.97 Å². The topological polar surface area (TPSA) is 98.3 Å². The van der Waals surface area contributed by atoms with Crippen molar-refractivity contribution in [2.45, 2.75) is 45.3 Å². The number of aliphatic hydroxyl groups excluding tert-OH is 1. The number of nitrogens with zero attached hydrogens (tertiary/aromatic N) is 4. The van der Waals surface area contributed by atoms with E-state index in [1.165, 1.54) is 0 Å². The molecule has 0 aromatic carbocycles. The molecule has 118 valence electrons. The summed E-state index contributed by atoms with van der Waals surface area (Å²) in [4.78, 5) is 15.7. The van der Waals surface area contributed by atoms with Crippen LogP contribution in [-0.4, -0.2) is 33.3 Å². The first-order valence-corrected chi connectivity index (χ1v) is 7.31. The smallest absolute Gasteiger partial charge is 0.362 e. The summed E-state index contributed by atoms with van der Waals surface area (Å²) in [5, 5.41) is 17.5. The van der Waals surface area contributed by atoms with Crippen molar-refractivity contribution >= 4 is 11.9 Å². The number of carbonyl (C=O) groups is 1. The molecule has 0 bridgehead atoms. The highest BCUT2D eigenvalue weighted by molar-refractivity contribution is 5.89. The molecule has 0 atom stereocenters. The average Bonchev–Trinajstić information content (AvgIpc) is 3.21. The Morgan fingerprint density at radius 2 is 2.23 bits per heavy atom. The molecule has 1 saturated carbocycles. The molecule has 1 aliphatic heterocycles. The summed E-state index contributed by atoms with van der Waals surface area (Å²) < 4.78 is 12.4. The van der Waals surface area contributed by atoms with Gasteiger partial charge in [-0.2, -0.15) is 0 Å². The van der Waals surface area contributed by atoms with Crippen LogP contribution >= 0.6 is 0 Å². The van der Waals surface area contributed by atoms with E-state index in [1.54, 1.807) is 6.20 Å². The number of aromatic nitrogens is 2. The second-order valence-electron chi connectivity index (χ2n) is 5.55. The lowest BCUT2D eigenvalue weighted by Crippen LogP contribution is -2.16. The lowest BCUT2D eigenvalue weighted by atomic mass is 10.2. The zero-order valence-electron chi connectivity index (χ0n) is 12.5. The lowest BCUT2D eigenvalue weighted by Gasteiger charge is -2.13. The van der Waals surface area contributed by atoms with Crippen molar-refractivity contribution in [1.82, 2.24) is 9.55 Å². The zero-order valence-corrected chi connectivity index (χ0v) is 12.5. The second kappa shape index (κ2) is 5.78. The van der Waals surface area contributed by atoms with Crippen LogP contribution in [0.2, 0.25) is 0 Å². The van der Waals surface area contributed by atoms with Gasteiger partial charge in [-0.15, -0.1) is 10.2 Å². The predicted molar refractivity (Wildman–Crippen MR) is 76.0 cm³/mol. The molecule has 8 heteroatoms. The molecule has 0 spiro atoms. The van der Waals surface area contributed by atoms with Crippen LogP contribution < -0.4 is 4.74 Å². The van der Waals surface area contributed by atoms with Crippen LogP contribution in [0.3, 0.4) is 0 Å². The first-order chi connectivity index (χ1) is 10.6. The summed E-state index contributed by atoms with van der Waals surface area (Å²) >= 11 is 0. The quantitative estimate of drug-likeness (QED) is 0.666. The largest absolute Gasteiger partial charge is 0.510 e. The number of carbonyl (C=O) groups excluding carboxylic acids is 1. The lowest BCUT2D eigenvalue weighted by molar-refractivity contribution is -0.140. The molecule has 1 aliphatic carbocycles. The molecule has 0 unspecified atom stereocenters. The van der Waals surface area contributed by atoms with E-state index in [9.17, 15) is 9.90 Å². The molecular formula is C14H18N4O4. The maximum Gasteiger partial charge on any atom is 0.362 e. The highest BCUT2D eigenvalue weighted by atomic mass is 16.5. The third kappa shape index (κ3) is 2.95. The van der Waals surface area contributed by atoms with Crippen LogP contribution in [0.25, 0.3) is 0 Å². The van der Waals surface area contributed by atoms with Crippen LogP contribution in [0.1, 0.15) is 39.2 Å². The van der Waals surface area contributed by atoms with Crippen LogP contribution in [0.4, 0.5) is 5.95 Å². The fourth-order valence-electron chi connectivity index (χ4n) is 2.15. The number of cyclic esters (lactones) is 1. The van der Waals surface area contributed by atoms with E-state index in [4.69, 9.17) is 9.47 Å². The molecule has 8 nitrogen and oxygen atoms in total. The average molecular weight is 306 g/mol. The van der Waals surface area contributed by atoms with Gasteiger partial charge in [-0.3, -0.25) is 4.57 Å².